The number of hydrogen-bond donors (Lipinski definition) is 1. The Hall–Kier alpha value is -1.97. The lowest BCUT2D eigenvalue weighted by Gasteiger charge is -2.07. The van der Waals surface area contributed by atoms with Crippen LogP contribution in [0.1, 0.15) is 18.2 Å². The van der Waals surface area contributed by atoms with Crippen LogP contribution in [0.3, 0.4) is 0 Å². The van der Waals surface area contributed by atoms with Gasteiger partial charge in [-0.05, 0) is 31.5 Å². The molecule has 1 aromatic carbocycles. The third-order valence-corrected chi connectivity index (χ3v) is 3.04. The highest BCUT2D eigenvalue weighted by Gasteiger charge is 2.04. The lowest BCUT2D eigenvalue weighted by atomic mass is 10.2. The van der Waals surface area contributed by atoms with Crippen molar-refractivity contribution in [2.75, 3.05) is 12.4 Å². The van der Waals surface area contributed by atoms with E-state index in [2.05, 4.69) is 36.4 Å². The van der Waals surface area contributed by atoms with E-state index in [0.29, 0.717) is 0 Å². The zero-order chi connectivity index (χ0) is 13.0. The monoisotopic (exact) mass is 245 g/mol. The van der Waals surface area contributed by atoms with Crippen LogP contribution in [-0.2, 0) is 13.1 Å². The molecule has 0 fully saturated rings. The number of rotatable bonds is 5. The van der Waals surface area contributed by atoms with Crippen LogP contribution in [-0.4, -0.2) is 16.9 Å². The van der Waals surface area contributed by atoms with Crippen molar-refractivity contribution in [3.05, 3.63) is 41.7 Å². The van der Waals surface area contributed by atoms with Gasteiger partial charge in [-0.25, -0.2) is 0 Å². The van der Waals surface area contributed by atoms with Crippen LogP contribution in [0.5, 0.6) is 5.75 Å². The van der Waals surface area contributed by atoms with Crippen LogP contribution in [0.4, 0.5) is 5.69 Å². The topological polar surface area (TPSA) is 39.1 Å². The summed E-state index contributed by atoms with van der Waals surface area (Å²) in [4.78, 5) is 0. The molecular weight excluding hydrogens is 226 g/mol. The molecule has 0 saturated heterocycles. The van der Waals surface area contributed by atoms with E-state index in [1.165, 1.54) is 11.3 Å². The third kappa shape index (κ3) is 2.64. The van der Waals surface area contributed by atoms with Crippen molar-refractivity contribution in [1.29, 1.82) is 0 Å². The normalized spacial score (nSPS) is 10.4. The van der Waals surface area contributed by atoms with Crippen LogP contribution in [0, 0.1) is 6.92 Å². The minimum atomic E-state index is 0.792. The molecule has 4 heteroatoms. The molecule has 0 radical (unpaired) electrons. The summed E-state index contributed by atoms with van der Waals surface area (Å²) in [5.74, 6) is 0.883. The van der Waals surface area contributed by atoms with Gasteiger partial charge in [-0.3, -0.25) is 4.68 Å². The van der Waals surface area contributed by atoms with Crippen molar-refractivity contribution >= 4 is 5.69 Å². The van der Waals surface area contributed by atoms with Gasteiger partial charge < -0.3 is 10.1 Å². The van der Waals surface area contributed by atoms with E-state index in [9.17, 15) is 0 Å². The predicted molar refractivity (Wildman–Crippen MR) is 73.0 cm³/mol. The smallest absolute Gasteiger partial charge is 0.118 e. The van der Waals surface area contributed by atoms with Gasteiger partial charge in [0.05, 0.1) is 24.7 Å². The first-order valence-electron chi connectivity index (χ1n) is 6.13. The van der Waals surface area contributed by atoms with E-state index >= 15 is 0 Å². The van der Waals surface area contributed by atoms with E-state index in [0.717, 1.165) is 24.5 Å². The van der Waals surface area contributed by atoms with E-state index in [-0.39, 0.29) is 0 Å². The molecule has 1 aromatic heterocycles. The van der Waals surface area contributed by atoms with E-state index in [1.54, 1.807) is 7.11 Å². The minimum absolute atomic E-state index is 0.792. The fraction of sp³-hybridized carbons (Fsp3) is 0.357. The van der Waals surface area contributed by atoms with Crippen molar-refractivity contribution in [3.63, 3.8) is 0 Å². The van der Waals surface area contributed by atoms with Crippen molar-refractivity contribution in [2.45, 2.75) is 26.9 Å². The Balaban J connectivity index is 1.99. The zero-order valence-corrected chi connectivity index (χ0v) is 11.1. The quantitative estimate of drug-likeness (QED) is 0.880. The average molecular weight is 245 g/mol. The van der Waals surface area contributed by atoms with Crippen LogP contribution < -0.4 is 10.1 Å². The van der Waals surface area contributed by atoms with E-state index in [1.807, 2.05) is 23.0 Å². The maximum Gasteiger partial charge on any atom is 0.118 e. The first-order valence-corrected chi connectivity index (χ1v) is 6.13. The third-order valence-electron chi connectivity index (χ3n) is 3.04. The largest absolute Gasteiger partial charge is 0.497 e. The Labute approximate surface area is 108 Å². The minimum Gasteiger partial charge on any atom is -0.497 e. The number of methoxy groups -OCH3 is 1. The average Bonchev–Trinajstić information content (AvgIpc) is 2.77. The van der Waals surface area contributed by atoms with E-state index < -0.39 is 0 Å². The maximum absolute atomic E-state index is 5.14. The van der Waals surface area contributed by atoms with Crippen LogP contribution in [0.15, 0.2) is 30.5 Å². The fourth-order valence-corrected chi connectivity index (χ4v) is 1.88. The van der Waals surface area contributed by atoms with Crippen molar-refractivity contribution in [1.82, 2.24) is 9.78 Å². The van der Waals surface area contributed by atoms with Gasteiger partial charge in [0.25, 0.3) is 0 Å². The Bertz CT molecular complexity index is 502. The summed E-state index contributed by atoms with van der Waals surface area (Å²) in [6.45, 7) is 5.86. The molecule has 0 unspecified atom stereocenters. The molecule has 0 aliphatic carbocycles. The van der Waals surface area contributed by atoms with Crippen LogP contribution in [0.25, 0.3) is 0 Å². The van der Waals surface area contributed by atoms with Gasteiger partial charge >= 0.3 is 0 Å². The molecule has 0 aliphatic heterocycles. The summed E-state index contributed by atoms with van der Waals surface area (Å²) >= 11 is 0. The Morgan fingerprint density at radius 3 is 2.56 bits per heavy atom. The molecule has 0 saturated carbocycles. The maximum atomic E-state index is 5.14. The first-order chi connectivity index (χ1) is 8.74. The van der Waals surface area contributed by atoms with E-state index in [4.69, 9.17) is 4.74 Å². The molecule has 0 aliphatic rings. The molecule has 0 spiro atoms. The number of ether oxygens (including phenoxy) is 1. The molecule has 1 heterocycles. The number of benzene rings is 1. The van der Waals surface area contributed by atoms with Gasteiger partial charge in [-0.15, -0.1) is 0 Å². The zero-order valence-electron chi connectivity index (χ0n) is 11.1. The number of nitrogens with one attached hydrogen (secondary N) is 1. The second kappa shape index (κ2) is 5.58. The van der Waals surface area contributed by atoms with Gasteiger partial charge in [0.1, 0.15) is 5.75 Å². The Morgan fingerprint density at radius 2 is 2.00 bits per heavy atom. The molecule has 18 heavy (non-hydrogen) atoms. The Morgan fingerprint density at radius 1 is 1.28 bits per heavy atom. The molecule has 96 valence electrons. The highest BCUT2D eigenvalue weighted by molar-refractivity contribution is 5.46. The standard InChI is InChI=1S/C14H19N3O/c1-4-17-11(2)14(10-16-17)15-9-12-5-7-13(18-3)8-6-12/h5-8,10,15H,4,9H2,1-3H3. The van der Waals surface area contributed by atoms with Crippen LogP contribution >= 0.6 is 0 Å². The Kier molecular flexibility index (Phi) is 3.87. The summed E-state index contributed by atoms with van der Waals surface area (Å²) in [5.41, 5.74) is 3.48. The number of aromatic nitrogens is 2. The molecule has 0 atom stereocenters. The van der Waals surface area contributed by atoms with Gasteiger partial charge in [0.15, 0.2) is 0 Å². The molecule has 0 bridgehead atoms. The second-order valence-corrected chi connectivity index (χ2v) is 4.16. The predicted octanol–water partition coefficient (Wildman–Crippen LogP) is 2.83. The van der Waals surface area contributed by atoms with Crippen LogP contribution in [0.2, 0.25) is 0 Å². The fourth-order valence-electron chi connectivity index (χ4n) is 1.88. The number of anilines is 1. The first kappa shape index (κ1) is 12.5. The van der Waals surface area contributed by atoms with Gasteiger partial charge in [0, 0.05) is 13.1 Å². The van der Waals surface area contributed by atoms with Gasteiger partial charge in [-0.1, -0.05) is 12.1 Å². The molecule has 2 rings (SSSR count). The van der Waals surface area contributed by atoms with Crippen molar-refractivity contribution in [3.8, 4) is 5.75 Å². The SMILES string of the molecule is CCn1ncc(NCc2ccc(OC)cc2)c1C. The summed E-state index contributed by atoms with van der Waals surface area (Å²) < 4.78 is 7.12. The molecular formula is C14H19N3O. The van der Waals surface area contributed by atoms with Crippen molar-refractivity contribution in [2.24, 2.45) is 0 Å². The molecule has 0 amide bonds. The summed E-state index contributed by atoms with van der Waals surface area (Å²) in [7, 11) is 1.68. The number of aryl methyl sites for hydroxylation is 1. The highest BCUT2D eigenvalue weighted by atomic mass is 16.5. The molecule has 1 N–H and O–H groups in total. The summed E-state index contributed by atoms with van der Waals surface area (Å²) in [5, 5.41) is 7.71. The lowest BCUT2D eigenvalue weighted by molar-refractivity contribution is 0.414. The van der Waals surface area contributed by atoms with Gasteiger partial charge in [0.2, 0.25) is 0 Å². The lowest BCUT2D eigenvalue weighted by Crippen LogP contribution is -2.02. The second-order valence-electron chi connectivity index (χ2n) is 4.16. The number of hydrogen-bond acceptors (Lipinski definition) is 3. The molecule has 2 aromatic rings. The number of nitrogens with zero attached hydrogens (tertiary/aromatic N) is 2. The molecule has 4 nitrogen and oxygen atoms in total. The summed E-state index contributed by atoms with van der Waals surface area (Å²) in [6, 6.07) is 8.06. The van der Waals surface area contributed by atoms with Crippen molar-refractivity contribution < 1.29 is 4.74 Å². The summed E-state index contributed by atoms with van der Waals surface area (Å²) in [6.07, 6.45) is 1.88. The highest BCUT2D eigenvalue weighted by Crippen LogP contribution is 2.16. The van der Waals surface area contributed by atoms with Gasteiger partial charge in [-0.2, -0.15) is 5.10 Å².